The van der Waals surface area contributed by atoms with Crippen molar-refractivity contribution >= 4 is 15.9 Å². The van der Waals surface area contributed by atoms with Gasteiger partial charge in [0.2, 0.25) is 0 Å². The predicted octanol–water partition coefficient (Wildman–Crippen LogP) is 3.39. The first kappa shape index (κ1) is 11.1. The lowest BCUT2D eigenvalue weighted by molar-refractivity contribution is 0.257. The molecule has 0 bridgehead atoms. The summed E-state index contributed by atoms with van der Waals surface area (Å²) in [7, 11) is 0. The first-order valence-corrected chi connectivity index (χ1v) is 6.46. The lowest BCUT2D eigenvalue weighted by Crippen LogP contribution is -2.24. The van der Waals surface area contributed by atoms with Crippen LogP contribution < -0.4 is 0 Å². The van der Waals surface area contributed by atoms with Crippen LogP contribution in [0.2, 0.25) is 0 Å². The van der Waals surface area contributed by atoms with Crippen LogP contribution in [0.4, 0.5) is 0 Å². The second kappa shape index (κ2) is 5.08. The number of aromatic nitrogens is 1. The van der Waals surface area contributed by atoms with Crippen molar-refractivity contribution < 1.29 is 0 Å². The van der Waals surface area contributed by atoms with Crippen molar-refractivity contribution in [3.8, 4) is 0 Å². The Morgan fingerprint density at radius 2 is 2.40 bits per heavy atom. The summed E-state index contributed by atoms with van der Waals surface area (Å²) >= 11 is 3.38. The number of halogens is 1. The van der Waals surface area contributed by atoms with Crippen LogP contribution in [-0.2, 0) is 0 Å². The van der Waals surface area contributed by atoms with Crippen LogP contribution in [0.25, 0.3) is 0 Å². The van der Waals surface area contributed by atoms with E-state index >= 15 is 0 Å². The summed E-state index contributed by atoms with van der Waals surface area (Å²) in [6.45, 7) is 4.70. The molecular formula is C12H17BrN2. The Morgan fingerprint density at radius 3 is 3.07 bits per heavy atom. The molecule has 82 valence electrons. The van der Waals surface area contributed by atoms with E-state index in [0.717, 1.165) is 4.60 Å². The Labute approximate surface area is 99.8 Å². The SMILES string of the molecule is CCCN1CCCC1c1ccc(Br)nc1. The Morgan fingerprint density at radius 1 is 1.53 bits per heavy atom. The quantitative estimate of drug-likeness (QED) is 0.782. The van der Waals surface area contributed by atoms with Crippen molar-refractivity contribution in [2.45, 2.75) is 32.2 Å². The predicted molar refractivity (Wildman–Crippen MR) is 65.8 cm³/mol. The zero-order valence-corrected chi connectivity index (χ0v) is 10.7. The first-order valence-electron chi connectivity index (χ1n) is 5.66. The Bertz CT molecular complexity index is 310. The van der Waals surface area contributed by atoms with Crippen molar-refractivity contribution in [3.05, 3.63) is 28.5 Å². The minimum absolute atomic E-state index is 0.602. The molecule has 0 spiro atoms. The largest absolute Gasteiger partial charge is 0.296 e. The molecule has 1 atom stereocenters. The number of hydrogen-bond acceptors (Lipinski definition) is 2. The van der Waals surface area contributed by atoms with Gasteiger partial charge >= 0.3 is 0 Å². The zero-order valence-electron chi connectivity index (χ0n) is 9.12. The van der Waals surface area contributed by atoms with Gasteiger partial charge in [-0.1, -0.05) is 13.0 Å². The summed E-state index contributed by atoms with van der Waals surface area (Å²) in [5.74, 6) is 0. The molecule has 0 aliphatic carbocycles. The van der Waals surface area contributed by atoms with E-state index in [0.29, 0.717) is 6.04 Å². The molecule has 2 nitrogen and oxygen atoms in total. The van der Waals surface area contributed by atoms with Crippen molar-refractivity contribution in [1.82, 2.24) is 9.88 Å². The monoisotopic (exact) mass is 268 g/mol. The van der Waals surface area contributed by atoms with E-state index in [1.807, 2.05) is 12.3 Å². The molecule has 0 N–H and O–H groups in total. The molecule has 15 heavy (non-hydrogen) atoms. The van der Waals surface area contributed by atoms with Crippen molar-refractivity contribution in [2.75, 3.05) is 13.1 Å². The molecule has 1 saturated heterocycles. The van der Waals surface area contributed by atoms with Gasteiger partial charge in [0.25, 0.3) is 0 Å². The molecule has 0 amide bonds. The van der Waals surface area contributed by atoms with Crippen LogP contribution >= 0.6 is 15.9 Å². The van der Waals surface area contributed by atoms with E-state index in [2.05, 4.69) is 38.8 Å². The standard InChI is InChI=1S/C12H17BrN2/c1-2-7-15-8-3-4-11(15)10-5-6-12(13)14-9-10/h5-6,9,11H,2-4,7-8H2,1H3. The second-order valence-electron chi connectivity index (χ2n) is 4.11. The highest BCUT2D eigenvalue weighted by Gasteiger charge is 2.24. The van der Waals surface area contributed by atoms with Gasteiger partial charge in [-0.15, -0.1) is 0 Å². The molecule has 3 heteroatoms. The van der Waals surface area contributed by atoms with Gasteiger partial charge in [0.1, 0.15) is 4.60 Å². The van der Waals surface area contributed by atoms with E-state index in [-0.39, 0.29) is 0 Å². The Balaban J connectivity index is 2.11. The number of hydrogen-bond donors (Lipinski definition) is 0. The maximum atomic E-state index is 4.31. The number of rotatable bonds is 3. The van der Waals surface area contributed by atoms with E-state index < -0.39 is 0 Å². The third-order valence-electron chi connectivity index (χ3n) is 3.01. The lowest BCUT2D eigenvalue weighted by Gasteiger charge is -2.23. The normalized spacial score (nSPS) is 22.1. The van der Waals surface area contributed by atoms with Crippen LogP contribution in [0, 0.1) is 0 Å². The fourth-order valence-corrected chi connectivity index (χ4v) is 2.58. The van der Waals surface area contributed by atoms with E-state index in [9.17, 15) is 0 Å². The van der Waals surface area contributed by atoms with Gasteiger partial charge in [0.05, 0.1) is 0 Å². The third-order valence-corrected chi connectivity index (χ3v) is 3.48. The molecule has 1 aromatic heterocycles. The lowest BCUT2D eigenvalue weighted by atomic mass is 10.1. The molecule has 1 aliphatic rings. The van der Waals surface area contributed by atoms with Gasteiger partial charge in [-0.05, 0) is 59.9 Å². The number of likely N-dealkylation sites (tertiary alicyclic amines) is 1. The minimum atomic E-state index is 0.602. The first-order chi connectivity index (χ1) is 7.31. The zero-order chi connectivity index (χ0) is 10.7. The molecule has 2 rings (SSSR count). The highest BCUT2D eigenvalue weighted by molar-refractivity contribution is 9.10. The molecule has 0 radical (unpaired) electrons. The fraction of sp³-hybridized carbons (Fsp3) is 0.583. The smallest absolute Gasteiger partial charge is 0.106 e. The van der Waals surface area contributed by atoms with Crippen LogP contribution in [0.5, 0.6) is 0 Å². The van der Waals surface area contributed by atoms with Crippen molar-refractivity contribution in [1.29, 1.82) is 0 Å². The van der Waals surface area contributed by atoms with Gasteiger partial charge in [0, 0.05) is 12.2 Å². The maximum absolute atomic E-state index is 4.31. The van der Waals surface area contributed by atoms with E-state index in [1.54, 1.807) is 0 Å². The van der Waals surface area contributed by atoms with Crippen molar-refractivity contribution in [3.63, 3.8) is 0 Å². The second-order valence-corrected chi connectivity index (χ2v) is 4.92. The minimum Gasteiger partial charge on any atom is -0.296 e. The summed E-state index contributed by atoms with van der Waals surface area (Å²) in [6, 6.07) is 4.83. The highest BCUT2D eigenvalue weighted by atomic mass is 79.9. The molecular weight excluding hydrogens is 252 g/mol. The van der Waals surface area contributed by atoms with Crippen LogP contribution in [-0.4, -0.2) is 23.0 Å². The molecule has 1 aromatic rings. The van der Waals surface area contributed by atoms with Crippen LogP contribution in [0.15, 0.2) is 22.9 Å². The molecule has 0 saturated carbocycles. The summed E-state index contributed by atoms with van der Waals surface area (Å²) in [5.41, 5.74) is 1.36. The average molecular weight is 269 g/mol. The molecule has 0 aromatic carbocycles. The van der Waals surface area contributed by atoms with Gasteiger partial charge in [0.15, 0.2) is 0 Å². The maximum Gasteiger partial charge on any atom is 0.106 e. The number of nitrogens with zero attached hydrogens (tertiary/aromatic N) is 2. The molecule has 2 heterocycles. The van der Waals surface area contributed by atoms with Gasteiger partial charge in [-0.25, -0.2) is 4.98 Å². The van der Waals surface area contributed by atoms with E-state index in [4.69, 9.17) is 0 Å². The average Bonchev–Trinajstić information content (AvgIpc) is 2.68. The Hall–Kier alpha value is -0.410. The summed E-state index contributed by atoms with van der Waals surface area (Å²) < 4.78 is 0.922. The molecule has 1 fully saturated rings. The highest BCUT2D eigenvalue weighted by Crippen LogP contribution is 2.31. The topological polar surface area (TPSA) is 16.1 Å². The fourth-order valence-electron chi connectivity index (χ4n) is 2.34. The Kier molecular flexibility index (Phi) is 3.76. The van der Waals surface area contributed by atoms with Crippen LogP contribution in [0.3, 0.4) is 0 Å². The van der Waals surface area contributed by atoms with Crippen LogP contribution in [0.1, 0.15) is 37.8 Å². The number of pyridine rings is 1. The van der Waals surface area contributed by atoms with Gasteiger partial charge < -0.3 is 0 Å². The summed E-state index contributed by atoms with van der Waals surface area (Å²) in [4.78, 5) is 6.88. The van der Waals surface area contributed by atoms with Gasteiger partial charge in [-0.2, -0.15) is 0 Å². The van der Waals surface area contributed by atoms with E-state index in [1.165, 1.54) is 37.9 Å². The summed E-state index contributed by atoms with van der Waals surface area (Å²) in [5, 5.41) is 0. The molecule has 1 aliphatic heterocycles. The van der Waals surface area contributed by atoms with Gasteiger partial charge in [-0.3, -0.25) is 4.90 Å². The molecule has 1 unspecified atom stereocenters. The summed E-state index contributed by atoms with van der Waals surface area (Å²) in [6.07, 6.45) is 5.84. The third kappa shape index (κ3) is 2.58. The van der Waals surface area contributed by atoms with Crippen molar-refractivity contribution in [2.24, 2.45) is 0 Å².